The van der Waals surface area contributed by atoms with Crippen LogP contribution >= 0.6 is 15.9 Å². The number of H-pyrrole nitrogens is 1. The van der Waals surface area contributed by atoms with Gasteiger partial charge in [-0.15, -0.1) is 0 Å². The molecule has 3 amide bonds. The van der Waals surface area contributed by atoms with E-state index in [9.17, 15) is 14.7 Å². The zero-order valence-corrected chi connectivity index (χ0v) is 20.6. The predicted molar refractivity (Wildman–Crippen MR) is 133 cm³/mol. The van der Waals surface area contributed by atoms with Crippen molar-refractivity contribution in [3.8, 4) is 5.75 Å². The van der Waals surface area contributed by atoms with Gasteiger partial charge in [0.25, 0.3) is 5.91 Å². The number of phenols is 1. The molecule has 1 saturated heterocycles. The minimum absolute atomic E-state index is 0.129. The Balaban J connectivity index is 1.44. The zero-order chi connectivity index (χ0) is 23.6. The SMILES string of the molecule is C[C@@]12Cc3c([nH]c4ccc(Br)cc34)[C@@H](c3cccc(O)c3)N1C(=O)N(CCNCC1CC1)C2=O. The Morgan fingerprint density at radius 1 is 1.21 bits per heavy atom. The van der Waals surface area contributed by atoms with Gasteiger partial charge >= 0.3 is 6.03 Å². The second-order valence-corrected chi connectivity index (χ2v) is 10.8. The highest BCUT2D eigenvalue weighted by molar-refractivity contribution is 9.10. The number of hydrogen-bond donors (Lipinski definition) is 3. The molecule has 3 N–H and O–H groups in total. The van der Waals surface area contributed by atoms with Crippen molar-refractivity contribution in [2.45, 2.75) is 37.8 Å². The van der Waals surface area contributed by atoms with Gasteiger partial charge in [-0.3, -0.25) is 14.6 Å². The molecule has 2 aliphatic heterocycles. The van der Waals surface area contributed by atoms with Gasteiger partial charge in [-0.25, -0.2) is 4.79 Å². The number of rotatable bonds is 6. The van der Waals surface area contributed by atoms with Crippen molar-refractivity contribution in [3.05, 3.63) is 63.8 Å². The van der Waals surface area contributed by atoms with Crippen LogP contribution in [0.5, 0.6) is 5.75 Å². The number of hydrogen-bond acceptors (Lipinski definition) is 4. The van der Waals surface area contributed by atoms with Crippen LogP contribution in [0.2, 0.25) is 0 Å². The van der Waals surface area contributed by atoms with E-state index >= 15 is 0 Å². The third kappa shape index (κ3) is 3.34. The van der Waals surface area contributed by atoms with E-state index < -0.39 is 11.6 Å². The number of urea groups is 1. The van der Waals surface area contributed by atoms with Crippen LogP contribution in [0.4, 0.5) is 4.79 Å². The maximum atomic E-state index is 13.8. The van der Waals surface area contributed by atoms with Gasteiger partial charge in [0.05, 0.1) is 0 Å². The van der Waals surface area contributed by atoms with E-state index in [0.29, 0.717) is 19.5 Å². The number of aromatic amines is 1. The van der Waals surface area contributed by atoms with Gasteiger partial charge in [0.2, 0.25) is 0 Å². The monoisotopic (exact) mass is 522 g/mol. The van der Waals surface area contributed by atoms with E-state index in [1.807, 2.05) is 25.1 Å². The third-order valence-electron chi connectivity index (χ3n) is 7.46. The number of fused-ring (bicyclic) bond motifs is 4. The molecule has 2 atom stereocenters. The van der Waals surface area contributed by atoms with Gasteiger partial charge in [0.15, 0.2) is 0 Å². The normalized spacial score (nSPS) is 24.1. The lowest BCUT2D eigenvalue weighted by atomic mass is 9.81. The lowest BCUT2D eigenvalue weighted by Gasteiger charge is -2.42. The topological polar surface area (TPSA) is 88.7 Å². The number of nitrogens with one attached hydrogen (secondary N) is 2. The summed E-state index contributed by atoms with van der Waals surface area (Å²) in [6.07, 6.45) is 2.95. The molecular formula is C26H27BrN4O3. The van der Waals surface area contributed by atoms with E-state index in [2.05, 4.69) is 32.3 Å². The molecule has 1 aromatic heterocycles. The van der Waals surface area contributed by atoms with Gasteiger partial charge in [-0.05, 0) is 73.7 Å². The summed E-state index contributed by atoms with van der Waals surface area (Å²) >= 11 is 3.57. The lowest BCUT2D eigenvalue weighted by molar-refractivity contribution is -0.133. The van der Waals surface area contributed by atoms with E-state index in [-0.39, 0.29) is 17.7 Å². The summed E-state index contributed by atoms with van der Waals surface area (Å²) in [7, 11) is 0. The van der Waals surface area contributed by atoms with Crippen molar-refractivity contribution >= 4 is 38.8 Å². The van der Waals surface area contributed by atoms with Crippen LogP contribution < -0.4 is 5.32 Å². The predicted octanol–water partition coefficient (Wildman–Crippen LogP) is 4.30. The molecule has 8 heteroatoms. The molecule has 0 radical (unpaired) electrons. The van der Waals surface area contributed by atoms with Crippen LogP contribution in [-0.4, -0.2) is 57.0 Å². The smallest absolute Gasteiger partial charge is 0.328 e. The van der Waals surface area contributed by atoms with Crippen LogP contribution in [0.1, 0.15) is 42.6 Å². The van der Waals surface area contributed by atoms with E-state index in [1.165, 1.54) is 17.7 Å². The number of aromatic nitrogens is 1. The first kappa shape index (κ1) is 21.7. The van der Waals surface area contributed by atoms with Crippen molar-refractivity contribution in [3.63, 3.8) is 0 Å². The van der Waals surface area contributed by atoms with Crippen molar-refractivity contribution in [2.24, 2.45) is 5.92 Å². The molecule has 3 aliphatic rings. The maximum Gasteiger partial charge on any atom is 0.328 e. The number of benzene rings is 2. The van der Waals surface area contributed by atoms with Gasteiger partial charge in [0, 0.05) is 40.6 Å². The fourth-order valence-electron chi connectivity index (χ4n) is 5.54. The van der Waals surface area contributed by atoms with Gasteiger partial charge in [-0.2, -0.15) is 0 Å². The molecule has 2 fully saturated rings. The van der Waals surface area contributed by atoms with Gasteiger partial charge < -0.3 is 15.4 Å². The van der Waals surface area contributed by atoms with Crippen molar-refractivity contribution < 1.29 is 14.7 Å². The Bertz CT molecular complexity index is 1320. The third-order valence-corrected chi connectivity index (χ3v) is 7.95. The molecule has 7 nitrogen and oxygen atoms in total. The van der Waals surface area contributed by atoms with Crippen LogP contribution in [-0.2, 0) is 11.2 Å². The van der Waals surface area contributed by atoms with Crippen LogP contribution in [0.3, 0.4) is 0 Å². The Hall–Kier alpha value is -2.84. The number of nitrogens with zero attached hydrogens (tertiary/aromatic N) is 2. The highest BCUT2D eigenvalue weighted by Crippen LogP contribution is 2.49. The average molecular weight is 523 g/mol. The molecule has 1 aliphatic carbocycles. The van der Waals surface area contributed by atoms with Crippen molar-refractivity contribution in [1.29, 1.82) is 0 Å². The number of imide groups is 1. The number of amides is 3. The molecule has 1 saturated carbocycles. The minimum Gasteiger partial charge on any atom is -0.508 e. The number of halogens is 1. The minimum atomic E-state index is -1.01. The summed E-state index contributed by atoms with van der Waals surface area (Å²) in [5, 5.41) is 14.7. The molecule has 0 bridgehead atoms. The highest BCUT2D eigenvalue weighted by atomic mass is 79.9. The number of aromatic hydroxyl groups is 1. The molecule has 3 aromatic rings. The number of carbonyl (C=O) groups excluding carboxylic acids is 2. The van der Waals surface area contributed by atoms with E-state index in [1.54, 1.807) is 23.1 Å². The molecular weight excluding hydrogens is 496 g/mol. The molecule has 6 rings (SSSR count). The molecule has 176 valence electrons. The molecule has 2 aromatic carbocycles. The molecule has 3 heterocycles. The summed E-state index contributed by atoms with van der Waals surface area (Å²) < 4.78 is 0.959. The highest BCUT2D eigenvalue weighted by Gasteiger charge is 2.60. The second-order valence-electron chi connectivity index (χ2n) is 9.91. The standard InChI is InChI=1S/C26H27BrN4O3/c1-26-13-20-19-12-17(27)7-8-21(19)29-22(20)23(16-3-2-4-18(32)11-16)31(26)25(34)30(24(26)33)10-9-28-14-15-5-6-15/h2-4,7-8,11-12,15,23,28-29,32H,5-6,9-10,13-14H2,1H3/t23-,26+/m1/s1. The first-order valence-corrected chi connectivity index (χ1v) is 12.6. The Kier molecular flexibility index (Phi) is 5.00. The molecule has 0 unspecified atom stereocenters. The Labute approximate surface area is 206 Å². The second kappa shape index (κ2) is 7.85. The van der Waals surface area contributed by atoms with Gasteiger partial charge in [0.1, 0.15) is 17.3 Å². The number of phenolic OH excluding ortho intramolecular Hbond substituents is 1. The number of carbonyl (C=O) groups is 2. The summed E-state index contributed by atoms with van der Waals surface area (Å²) in [6.45, 7) is 3.76. The largest absolute Gasteiger partial charge is 0.508 e. The summed E-state index contributed by atoms with van der Waals surface area (Å²) in [5.74, 6) is 0.705. The van der Waals surface area contributed by atoms with Crippen LogP contribution in [0, 0.1) is 5.92 Å². The first-order chi connectivity index (χ1) is 16.4. The van der Waals surface area contributed by atoms with Crippen LogP contribution in [0.25, 0.3) is 10.9 Å². The summed E-state index contributed by atoms with van der Waals surface area (Å²) in [6, 6.07) is 12.2. The van der Waals surface area contributed by atoms with E-state index in [0.717, 1.165) is 44.7 Å². The van der Waals surface area contributed by atoms with Crippen molar-refractivity contribution in [2.75, 3.05) is 19.6 Å². The average Bonchev–Trinajstić information content (AvgIpc) is 3.54. The first-order valence-electron chi connectivity index (χ1n) is 11.8. The quantitative estimate of drug-likeness (QED) is 0.332. The summed E-state index contributed by atoms with van der Waals surface area (Å²) in [4.78, 5) is 34.2. The Morgan fingerprint density at radius 2 is 2.03 bits per heavy atom. The summed E-state index contributed by atoms with van der Waals surface area (Å²) in [5.41, 5.74) is 2.66. The Morgan fingerprint density at radius 3 is 2.79 bits per heavy atom. The lowest BCUT2D eigenvalue weighted by Crippen LogP contribution is -2.53. The molecule has 0 spiro atoms. The molecule has 34 heavy (non-hydrogen) atoms. The fraction of sp³-hybridized carbons (Fsp3) is 0.385. The van der Waals surface area contributed by atoms with Crippen LogP contribution in [0.15, 0.2) is 46.9 Å². The zero-order valence-electron chi connectivity index (χ0n) is 19.0. The van der Waals surface area contributed by atoms with Crippen molar-refractivity contribution in [1.82, 2.24) is 20.1 Å². The maximum absolute atomic E-state index is 13.8. The van der Waals surface area contributed by atoms with Gasteiger partial charge in [-0.1, -0.05) is 28.1 Å². The van der Waals surface area contributed by atoms with E-state index in [4.69, 9.17) is 0 Å². The fourth-order valence-corrected chi connectivity index (χ4v) is 5.90.